The highest BCUT2D eigenvalue weighted by atomic mass is 16.5. The van der Waals surface area contributed by atoms with Crippen LogP contribution in [0.5, 0.6) is 0 Å². The Morgan fingerprint density at radius 1 is 1.14 bits per heavy atom. The summed E-state index contributed by atoms with van der Waals surface area (Å²) in [6.45, 7) is 7.35. The van der Waals surface area contributed by atoms with Crippen molar-refractivity contribution in [3.63, 3.8) is 0 Å². The second-order valence-electron chi connectivity index (χ2n) is 5.57. The largest absolute Gasteiger partial charge is 0.383 e. The number of piperazine rings is 1. The number of methoxy groups -OCH3 is 1. The Labute approximate surface area is 127 Å². The Morgan fingerprint density at radius 2 is 1.81 bits per heavy atom. The molecule has 1 heterocycles. The molecule has 1 aliphatic rings. The number of amides is 1. The van der Waals surface area contributed by atoms with Crippen LogP contribution in [0, 0.1) is 0 Å². The maximum absolute atomic E-state index is 12.5. The minimum atomic E-state index is 0.157. The van der Waals surface area contributed by atoms with E-state index < -0.39 is 0 Å². The highest BCUT2D eigenvalue weighted by molar-refractivity contribution is 5.94. The molecule has 0 unspecified atom stereocenters. The molecule has 1 saturated heterocycles. The first kappa shape index (κ1) is 16.0. The Balaban J connectivity index is 1.86. The molecule has 4 nitrogen and oxygen atoms in total. The van der Waals surface area contributed by atoms with E-state index in [2.05, 4.69) is 24.0 Å². The van der Waals surface area contributed by atoms with Crippen LogP contribution < -0.4 is 0 Å². The summed E-state index contributed by atoms with van der Waals surface area (Å²) in [5, 5.41) is 0. The van der Waals surface area contributed by atoms with Crippen LogP contribution in [-0.2, 0) is 11.2 Å². The van der Waals surface area contributed by atoms with Crippen LogP contribution >= 0.6 is 0 Å². The van der Waals surface area contributed by atoms with Gasteiger partial charge in [0.1, 0.15) is 0 Å². The molecule has 0 N–H and O–H groups in total. The summed E-state index contributed by atoms with van der Waals surface area (Å²) in [6, 6.07) is 8.08. The number of benzene rings is 1. The molecule has 1 aliphatic heterocycles. The van der Waals surface area contributed by atoms with E-state index in [1.165, 1.54) is 5.56 Å². The van der Waals surface area contributed by atoms with Gasteiger partial charge >= 0.3 is 0 Å². The summed E-state index contributed by atoms with van der Waals surface area (Å²) in [6.07, 6.45) is 2.21. The predicted molar refractivity (Wildman–Crippen MR) is 84.7 cm³/mol. The van der Waals surface area contributed by atoms with Gasteiger partial charge in [0, 0.05) is 45.4 Å². The van der Waals surface area contributed by atoms with Gasteiger partial charge in [-0.05, 0) is 24.1 Å². The zero-order valence-corrected chi connectivity index (χ0v) is 13.2. The fourth-order valence-electron chi connectivity index (χ4n) is 2.68. The highest BCUT2D eigenvalue weighted by Crippen LogP contribution is 2.11. The first-order valence-electron chi connectivity index (χ1n) is 7.84. The first-order valence-corrected chi connectivity index (χ1v) is 7.84. The van der Waals surface area contributed by atoms with Gasteiger partial charge in [-0.1, -0.05) is 25.5 Å². The summed E-state index contributed by atoms with van der Waals surface area (Å²) in [4.78, 5) is 16.8. The molecule has 0 spiro atoms. The second-order valence-corrected chi connectivity index (χ2v) is 5.57. The van der Waals surface area contributed by atoms with Crippen molar-refractivity contribution in [1.82, 2.24) is 9.80 Å². The standard InChI is InChI=1S/C17H26N2O2/c1-3-4-15-5-7-16(8-6-15)17(20)19-11-9-18(10-12-19)13-14-21-2/h5-8H,3-4,9-14H2,1-2H3. The summed E-state index contributed by atoms with van der Waals surface area (Å²) >= 11 is 0. The van der Waals surface area contributed by atoms with E-state index in [1.807, 2.05) is 17.0 Å². The molecular weight excluding hydrogens is 264 g/mol. The number of rotatable bonds is 6. The van der Waals surface area contributed by atoms with E-state index in [0.29, 0.717) is 0 Å². The van der Waals surface area contributed by atoms with Crippen molar-refractivity contribution < 1.29 is 9.53 Å². The van der Waals surface area contributed by atoms with E-state index >= 15 is 0 Å². The topological polar surface area (TPSA) is 32.8 Å². The summed E-state index contributed by atoms with van der Waals surface area (Å²) in [5.74, 6) is 0.157. The van der Waals surface area contributed by atoms with Crippen LogP contribution in [0.2, 0.25) is 0 Å². The van der Waals surface area contributed by atoms with Crippen molar-refractivity contribution in [3.05, 3.63) is 35.4 Å². The van der Waals surface area contributed by atoms with Crippen molar-refractivity contribution >= 4 is 5.91 Å². The van der Waals surface area contributed by atoms with Gasteiger partial charge in [-0.2, -0.15) is 0 Å². The zero-order chi connectivity index (χ0) is 15.1. The molecule has 21 heavy (non-hydrogen) atoms. The Hall–Kier alpha value is -1.39. The van der Waals surface area contributed by atoms with Crippen LogP contribution in [-0.4, -0.2) is 62.1 Å². The van der Waals surface area contributed by atoms with E-state index in [4.69, 9.17) is 4.74 Å². The van der Waals surface area contributed by atoms with Crippen molar-refractivity contribution in [2.24, 2.45) is 0 Å². The number of ether oxygens (including phenoxy) is 1. The van der Waals surface area contributed by atoms with Gasteiger partial charge in [0.25, 0.3) is 5.91 Å². The number of carbonyl (C=O) groups is 1. The average molecular weight is 290 g/mol. The summed E-state index contributed by atoms with van der Waals surface area (Å²) < 4.78 is 5.10. The number of hydrogen-bond acceptors (Lipinski definition) is 3. The van der Waals surface area contributed by atoms with Crippen LogP contribution in [0.25, 0.3) is 0 Å². The van der Waals surface area contributed by atoms with E-state index in [9.17, 15) is 4.79 Å². The molecule has 0 radical (unpaired) electrons. The molecule has 1 aromatic rings. The van der Waals surface area contributed by atoms with E-state index in [0.717, 1.165) is 57.7 Å². The normalized spacial score (nSPS) is 16.2. The number of nitrogens with zero attached hydrogens (tertiary/aromatic N) is 2. The maximum atomic E-state index is 12.5. The molecule has 0 atom stereocenters. The molecule has 0 saturated carbocycles. The molecule has 2 rings (SSSR count). The molecule has 0 bridgehead atoms. The summed E-state index contributed by atoms with van der Waals surface area (Å²) in [5.41, 5.74) is 2.11. The molecule has 1 amide bonds. The smallest absolute Gasteiger partial charge is 0.253 e. The lowest BCUT2D eigenvalue weighted by atomic mass is 10.1. The van der Waals surface area contributed by atoms with Gasteiger partial charge in [0.2, 0.25) is 0 Å². The monoisotopic (exact) mass is 290 g/mol. The van der Waals surface area contributed by atoms with Crippen molar-refractivity contribution in [2.45, 2.75) is 19.8 Å². The molecule has 4 heteroatoms. The third kappa shape index (κ3) is 4.55. The molecule has 116 valence electrons. The number of carbonyl (C=O) groups excluding carboxylic acids is 1. The molecule has 0 aromatic heterocycles. The van der Waals surface area contributed by atoms with Gasteiger partial charge in [0.15, 0.2) is 0 Å². The van der Waals surface area contributed by atoms with Crippen LogP contribution in [0.3, 0.4) is 0 Å². The lowest BCUT2D eigenvalue weighted by Crippen LogP contribution is -2.49. The van der Waals surface area contributed by atoms with Crippen LogP contribution in [0.1, 0.15) is 29.3 Å². The van der Waals surface area contributed by atoms with Crippen LogP contribution in [0.4, 0.5) is 0 Å². The van der Waals surface area contributed by atoms with Gasteiger partial charge in [0.05, 0.1) is 6.61 Å². The Morgan fingerprint density at radius 3 is 2.38 bits per heavy atom. The van der Waals surface area contributed by atoms with Gasteiger partial charge in [-0.3, -0.25) is 9.69 Å². The molecule has 1 aromatic carbocycles. The lowest BCUT2D eigenvalue weighted by molar-refractivity contribution is 0.0594. The molecular formula is C17H26N2O2. The number of aryl methyl sites for hydroxylation is 1. The van der Waals surface area contributed by atoms with Gasteiger partial charge < -0.3 is 9.64 Å². The predicted octanol–water partition coefficient (Wildman–Crippen LogP) is 2.04. The fourth-order valence-corrected chi connectivity index (χ4v) is 2.68. The zero-order valence-electron chi connectivity index (χ0n) is 13.2. The Bertz CT molecular complexity index is 437. The third-order valence-corrected chi connectivity index (χ3v) is 4.01. The van der Waals surface area contributed by atoms with E-state index in [1.54, 1.807) is 7.11 Å². The highest BCUT2D eigenvalue weighted by Gasteiger charge is 2.21. The Kier molecular flexibility index (Phi) is 6.21. The SMILES string of the molecule is CCCc1ccc(C(=O)N2CCN(CCOC)CC2)cc1. The molecule has 1 fully saturated rings. The van der Waals surface area contributed by atoms with Gasteiger partial charge in [-0.15, -0.1) is 0 Å². The maximum Gasteiger partial charge on any atom is 0.253 e. The van der Waals surface area contributed by atoms with Gasteiger partial charge in [-0.25, -0.2) is 0 Å². The van der Waals surface area contributed by atoms with Crippen molar-refractivity contribution in [1.29, 1.82) is 0 Å². The first-order chi connectivity index (χ1) is 10.2. The lowest BCUT2D eigenvalue weighted by Gasteiger charge is -2.34. The van der Waals surface area contributed by atoms with Crippen molar-refractivity contribution in [2.75, 3.05) is 46.4 Å². The number of hydrogen-bond donors (Lipinski definition) is 0. The fraction of sp³-hybridized carbons (Fsp3) is 0.588. The third-order valence-electron chi connectivity index (χ3n) is 4.01. The van der Waals surface area contributed by atoms with E-state index in [-0.39, 0.29) is 5.91 Å². The average Bonchev–Trinajstić information content (AvgIpc) is 2.54. The van der Waals surface area contributed by atoms with Crippen molar-refractivity contribution in [3.8, 4) is 0 Å². The minimum Gasteiger partial charge on any atom is -0.383 e. The second kappa shape index (κ2) is 8.15. The minimum absolute atomic E-state index is 0.157. The summed E-state index contributed by atoms with van der Waals surface area (Å²) in [7, 11) is 1.72. The van der Waals surface area contributed by atoms with Crippen LogP contribution in [0.15, 0.2) is 24.3 Å². The quantitative estimate of drug-likeness (QED) is 0.804. The molecule has 0 aliphatic carbocycles.